The van der Waals surface area contributed by atoms with Gasteiger partial charge in [-0.2, -0.15) is 0 Å². The van der Waals surface area contributed by atoms with Crippen LogP contribution in [0.3, 0.4) is 0 Å². The third kappa shape index (κ3) is 2.58. The van der Waals surface area contributed by atoms with Gasteiger partial charge in [0.25, 0.3) is 5.69 Å². The molecule has 1 aromatic heterocycles. The van der Waals surface area contributed by atoms with Crippen molar-refractivity contribution in [2.45, 2.75) is 31.0 Å². The fourth-order valence-electron chi connectivity index (χ4n) is 1.73. The lowest BCUT2D eigenvalue weighted by molar-refractivity contribution is -0.385. The fraction of sp³-hybridized carbons (Fsp3) is 0.545. The van der Waals surface area contributed by atoms with Crippen molar-refractivity contribution in [1.82, 2.24) is 4.98 Å². The molecular formula is C11H13BrN2O2. The Balaban J connectivity index is 2.22. The first-order valence-corrected chi connectivity index (χ1v) is 6.24. The first-order chi connectivity index (χ1) is 7.58. The number of aryl methyl sites for hydroxylation is 1. The van der Waals surface area contributed by atoms with E-state index in [0.29, 0.717) is 22.9 Å². The second-order valence-electron chi connectivity index (χ2n) is 4.23. The Hall–Kier alpha value is -0.970. The predicted octanol–water partition coefficient (Wildman–Crippen LogP) is 3.01. The normalized spacial score (nSPS) is 17.1. The van der Waals surface area contributed by atoms with Crippen LogP contribution in [0, 0.1) is 23.0 Å². The maximum atomic E-state index is 10.9. The van der Waals surface area contributed by atoms with Crippen molar-refractivity contribution in [3.05, 3.63) is 33.6 Å². The molecule has 0 N–H and O–H groups in total. The lowest BCUT2D eigenvalue weighted by atomic mass is 10.1. The van der Waals surface area contributed by atoms with Crippen LogP contribution >= 0.6 is 15.9 Å². The Morgan fingerprint density at radius 2 is 2.31 bits per heavy atom. The molecule has 4 nitrogen and oxygen atoms in total. The number of hydrogen-bond donors (Lipinski definition) is 0. The van der Waals surface area contributed by atoms with Gasteiger partial charge >= 0.3 is 0 Å². The maximum Gasteiger partial charge on any atom is 0.290 e. The molecule has 0 aliphatic heterocycles. The van der Waals surface area contributed by atoms with Gasteiger partial charge in [0.2, 0.25) is 0 Å². The Kier molecular flexibility index (Phi) is 3.23. The summed E-state index contributed by atoms with van der Waals surface area (Å²) in [6.45, 7) is 1.85. The summed E-state index contributed by atoms with van der Waals surface area (Å²) in [5.74, 6) is 0.668. The second kappa shape index (κ2) is 4.49. The molecule has 1 aliphatic rings. The van der Waals surface area contributed by atoms with Gasteiger partial charge in [-0.25, -0.2) is 0 Å². The van der Waals surface area contributed by atoms with Crippen LogP contribution in [0.4, 0.5) is 5.69 Å². The smallest absolute Gasteiger partial charge is 0.258 e. The Morgan fingerprint density at radius 3 is 2.88 bits per heavy atom. The van der Waals surface area contributed by atoms with E-state index in [9.17, 15) is 10.1 Å². The van der Waals surface area contributed by atoms with Gasteiger partial charge in [0.05, 0.1) is 4.92 Å². The first-order valence-electron chi connectivity index (χ1n) is 5.33. The highest BCUT2D eigenvalue weighted by molar-refractivity contribution is 9.09. The van der Waals surface area contributed by atoms with E-state index in [1.54, 1.807) is 12.1 Å². The van der Waals surface area contributed by atoms with Crippen LogP contribution in [0.25, 0.3) is 0 Å². The largest absolute Gasteiger partial charge is 0.290 e. The third-order valence-electron chi connectivity index (χ3n) is 2.81. The minimum Gasteiger partial charge on any atom is -0.258 e. The highest BCUT2D eigenvalue weighted by atomic mass is 79.9. The molecule has 1 unspecified atom stereocenters. The fourth-order valence-corrected chi connectivity index (χ4v) is 2.56. The molecule has 1 aromatic rings. The van der Waals surface area contributed by atoms with E-state index < -0.39 is 0 Å². The highest BCUT2D eigenvalue weighted by Gasteiger charge is 2.31. The van der Waals surface area contributed by atoms with Crippen molar-refractivity contribution in [3.63, 3.8) is 0 Å². The van der Waals surface area contributed by atoms with E-state index in [2.05, 4.69) is 20.9 Å². The SMILES string of the molecule is Cc1ccc([N+](=O)[O-])c(CC(Br)C2CC2)n1. The first kappa shape index (κ1) is 11.5. The molecule has 0 amide bonds. The maximum absolute atomic E-state index is 10.9. The summed E-state index contributed by atoms with van der Waals surface area (Å²) in [5.41, 5.74) is 1.56. The van der Waals surface area contributed by atoms with Gasteiger partial charge in [-0.3, -0.25) is 15.1 Å². The number of aromatic nitrogens is 1. The summed E-state index contributed by atoms with van der Waals surface area (Å²) >= 11 is 3.59. The second-order valence-corrected chi connectivity index (χ2v) is 5.41. The highest BCUT2D eigenvalue weighted by Crippen LogP contribution is 2.38. The number of alkyl halides is 1. The van der Waals surface area contributed by atoms with E-state index in [1.165, 1.54) is 12.8 Å². The summed E-state index contributed by atoms with van der Waals surface area (Å²) in [6.07, 6.45) is 3.08. The predicted molar refractivity (Wildman–Crippen MR) is 64.8 cm³/mol. The van der Waals surface area contributed by atoms with Crippen molar-refractivity contribution in [3.8, 4) is 0 Å². The van der Waals surface area contributed by atoms with E-state index in [4.69, 9.17) is 0 Å². The number of nitrogens with zero attached hydrogens (tertiary/aromatic N) is 2. The lowest BCUT2D eigenvalue weighted by Crippen LogP contribution is -2.09. The van der Waals surface area contributed by atoms with Gasteiger partial charge in [-0.1, -0.05) is 15.9 Å². The molecule has 5 heteroatoms. The molecule has 1 atom stereocenters. The van der Waals surface area contributed by atoms with Gasteiger partial charge in [-0.15, -0.1) is 0 Å². The van der Waals surface area contributed by atoms with Crippen molar-refractivity contribution in [1.29, 1.82) is 0 Å². The third-order valence-corrected chi connectivity index (χ3v) is 3.88. The minimum atomic E-state index is -0.353. The molecule has 1 fully saturated rings. The molecule has 0 spiro atoms. The molecular weight excluding hydrogens is 272 g/mol. The van der Waals surface area contributed by atoms with Crippen molar-refractivity contribution in [2.75, 3.05) is 0 Å². The summed E-state index contributed by atoms with van der Waals surface area (Å²) < 4.78 is 0. The van der Waals surface area contributed by atoms with Crippen molar-refractivity contribution >= 4 is 21.6 Å². The van der Waals surface area contributed by atoms with Gasteiger partial charge in [0, 0.05) is 23.0 Å². The van der Waals surface area contributed by atoms with E-state index >= 15 is 0 Å². The summed E-state index contributed by atoms with van der Waals surface area (Å²) in [7, 11) is 0. The lowest BCUT2D eigenvalue weighted by Gasteiger charge is -2.08. The van der Waals surface area contributed by atoms with Crippen LogP contribution < -0.4 is 0 Å². The quantitative estimate of drug-likeness (QED) is 0.485. The summed E-state index contributed by atoms with van der Waals surface area (Å²) in [4.78, 5) is 15.1. The Morgan fingerprint density at radius 1 is 1.62 bits per heavy atom. The zero-order valence-electron chi connectivity index (χ0n) is 9.02. The molecule has 0 bridgehead atoms. The van der Waals surface area contributed by atoms with E-state index in [0.717, 1.165) is 5.69 Å². The molecule has 16 heavy (non-hydrogen) atoms. The van der Waals surface area contributed by atoms with Crippen LogP contribution in [0.2, 0.25) is 0 Å². The molecule has 1 saturated carbocycles. The van der Waals surface area contributed by atoms with Crippen LogP contribution in [0.5, 0.6) is 0 Å². The average Bonchev–Trinajstić information content (AvgIpc) is 2.99. The zero-order valence-corrected chi connectivity index (χ0v) is 10.6. The van der Waals surface area contributed by atoms with E-state index in [1.807, 2.05) is 6.92 Å². The molecule has 86 valence electrons. The van der Waals surface area contributed by atoms with Crippen LogP contribution in [0.15, 0.2) is 12.1 Å². The number of pyridine rings is 1. The molecule has 0 aromatic carbocycles. The monoisotopic (exact) mass is 284 g/mol. The molecule has 2 rings (SSSR count). The number of hydrogen-bond acceptors (Lipinski definition) is 3. The Bertz CT molecular complexity index is 418. The number of rotatable bonds is 4. The summed E-state index contributed by atoms with van der Waals surface area (Å²) in [6, 6.07) is 3.23. The van der Waals surface area contributed by atoms with Crippen LogP contribution in [-0.4, -0.2) is 14.7 Å². The summed E-state index contributed by atoms with van der Waals surface area (Å²) in [5, 5.41) is 10.9. The zero-order chi connectivity index (χ0) is 11.7. The minimum absolute atomic E-state index is 0.135. The molecule has 1 aliphatic carbocycles. The van der Waals surface area contributed by atoms with Gasteiger partial charge in [-0.05, 0) is 31.7 Å². The molecule has 0 saturated heterocycles. The average molecular weight is 285 g/mol. The number of halogens is 1. The van der Waals surface area contributed by atoms with Crippen LogP contribution in [-0.2, 0) is 6.42 Å². The van der Waals surface area contributed by atoms with Gasteiger partial charge in [0.1, 0.15) is 5.69 Å². The standard InChI is InChI=1S/C11H13BrN2O2/c1-7-2-5-11(14(15)16)10(13-7)6-9(12)8-3-4-8/h2,5,8-9H,3-4,6H2,1H3. The van der Waals surface area contributed by atoms with E-state index in [-0.39, 0.29) is 10.6 Å². The molecule has 1 heterocycles. The van der Waals surface area contributed by atoms with Crippen molar-refractivity contribution < 1.29 is 4.92 Å². The van der Waals surface area contributed by atoms with Gasteiger partial charge < -0.3 is 0 Å². The van der Waals surface area contributed by atoms with Crippen LogP contribution in [0.1, 0.15) is 24.2 Å². The Labute approximate surface area is 102 Å². The number of nitro groups is 1. The topological polar surface area (TPSA) is 56.0 Å². The molecule has 0 radical (unpaired) electrons. The van der Waals surface area contributed by atoms with Crippen molar-refractivity contribution in [2.24, 2.45) is 5.92 Å². The van der Waals surface area contributed by atoms with Gasteiger partial charge in [0.15, 0.2) is 0 Å².